The van der Waals surface area contributed by atoms with Gasteiger partial charge in [0.05, 0.1) is 5.52 Å². The van der Waals surface area contributed by atoms with E-state index in [1.165, 1.54) is 35.0 Å². The first-order valence-corrected chi connectivity index (χ1v) is 13.4. The number of carbonyl (C=O) groups excluding carboxylic acids is 4. The normalized spacial score (nSPS) is 22.3. The molecule has 3 aromatic rings. The highest BCUT2D eigenvalue weighted by Gasteiger charge is 2.53. The molecule has 1 unspecified atom stereocenters. The molecule has 11 nitrogen and oxygen atoms in total. The van der Waals surface area contributed by atoms with Crippen LogP contribution in [-0.2, 0) is 42.9 Å². The number of hydrogen-bond donors (Lipinski definition) is 1. The van der Waals surface area contributed by atoms with Gasteiger partial charge < -0.3 is 33.4 Å². The van der Waals surface area contributed by atoms with Crippen molar-refractivity contribution in [2.45, 2.75) is 70.9 Å². The number of esters is 4. The van der Waals surface area contributed by atoms with Gasteiger partial charge in [0.15, 0.2) is 24.5 Å². The van der Waals surface area contributed by atoms with Crippen molar-refractivity contribution >= 4 is 34.8 Å². The maximum absolute atomic E-state index is 15.4. The summed E-state index contributed by atoms with van der Waals surface area (Å²) in [4.78, 5) is 48.2. The number of halogens is 3. The Morgan fingerprint density at radius 1 is 0.841 bits per heavy atom. The van der Waals surface area contributed by atoms with Crippen LogP contribution >= 0.6 is 0 Å². The van der Waals surface area contributed by atoms with Crippen molar-refractivity contribution in [1.29, 1.82) is 0 Å². The van der Waals surface area contributed by atoms with Crippen molar-refractivity contribution < 1.29 is 61.1 Å². The third-order valence-electron chi connectivity index (χ3n) is 6.88. The summed E-state index contributed by atoms with van der Waals surface area (Å²) in [6.07, 6.45) is -10.00. The number of aliphatic hydroxyl groups excluding tert-OH is 1. The number of aliphatic hydroxyl groups is 1. The summed E-state index contributed by atoms with van der Waals surface area (Å²) in [5.41, 5.74) is 0.0604. The maximum Gasteiger partial charge on any atom is 0.303 e. The number of benzene rings is 2. The second-order valence-electron chi connectivity index (χ2n) is 10.1. The molecule has 1 aromatic heterocycles. The number of alkyl halides is 2. The largest absolute Gasteiger partial charge is 0.463 e. The molecule has 0 bridgehead atoms. The first kappa shape index (κ1) is 32.5. The third-order valence-corrected chi connectivity index (χ3v) is 6.88. The molecule has 6 atom stereocenters. The lowest BCUT2D eigenvalue weighted by molar-refractivity contribution is -0.267. The molecule has 14 heteroatoms. The topological polar surface area (TPSA) is 140 Å². The predicted octanol–water partition coefficient (Wildman–Crippen LogP) is 4.06. The van der Waals surface area contributed by atoms with Crippen molar-refractivity contribution in [3.63, 3.8) is 0 Å². The van der Waals surface area contributed by atoms with Crippen molar-refractivity contribution in [3.8, 4) is 0 Å². The first-order valence-electron chi connectivity index (χ1n) is 13.4. The Hall–Kier alpha value is -4.43. The monoisotopic (exact) mass is 621 g/mol. The molecule has 0 amide bonds. The van der Waals surface area contributed by atoms with Crippen LogP contribution in [0.3, 0.4) is 0 Å². The summed E-state index contributed by atoms with van der Waals surface area (Å²) >= 11 is 0. The van der Waals surface area contributed by atoms with Gasteiger partial charge in [-0.05, 0) is 17.7 Å². The first-order chi connectivity index (χ1) is 20.8. The van der Waals surface area contributed by atoms with E-state index in [4.69, 9.17) is 23.7 Å². The lowest BCUT2D eigenvalue weighted by Crippen LogP contribution is -2.60. The molecule has 2 heterocycles. The molecule has 44 heavy (non-hydrogen) atoms. The Morgan fingerprint density at radius 3 is 1.98 bits per heavy atom. The molecule has 0 saturated carbocycles. The third kappa shape index (κ3) is 7.03. The zero-order valence-electron chi connectivity index (χ0n) is 24.1. The van der Waals surface area contributed by atoms with Gasteiger partial charge in [-0.2, -0.15) is 0 Å². The fourth-order valence-corrected chi connectivity index (χ4v) is 5.15. The van der Waals surface area contributed by atoms with Crippen LogP contribution in [0.2, 0.25) is 0 Å². The van der Waals surface area contributed by atoms with Gasteiger partial charge in [0.25, 0.3) is 6.43 Å². The average Bonchev–Trinajstić information content (AvgIpc) is 3.34. The van der Waals surface area contributed by atoms with Crippen molar-refractivity contribution in [3.05, 3.63) is 71.2 Å². The second kappa shape index (κ2) is 13.5. The van der Waals surface area contributed by atoms with Crippen LogP contribution in [0.1, 0.15) is 63.1 Å². The van der Waals surface area contributed by atoms with Crippen LogP contribution in [0.15, 0.2) is 48.7 Å². The van der Waals surface area contributed by atoms with Crippen molar-refractivity contribution in [1.82, 2.24) is 4.57 Å². The Morgan fingerprint density at radius 2 is 1.41 bits per heavy atom. The highest BCUT2D eigenvalue weighted by Crippen LogP contribution is 2.40. The van der Waals surface area contributed by atoms with Crippen LogP contribution in [0.25, 0.3) is 10.9 Å². The SMILES string of the molecule is CC(=O)OC[C@H]1O[C@@H](n2cc(C(O)c3ccc(C(F)F)cc3)c3c(F)cccc32)[C@H](OC(C)=O)[C@@H](OC(C)=O)[C@@H]1OC(C)=O. The number of hydrogen-bond acceptors (Lipinski definition) is 10. The van der Waals surface area contributed by atoms with Crippen LogP contribution in [-0.4, -0.2) is 64.6 Å². The molecular formula is C30H30F3NO10. The molecular weight excluding hydrogens is 591 g/mol. The smallest absolute Gasteiger partial charge is 0.303 e. The fraction of sp³-hybridized carbons (Fsp3) is 0.400. The molecule has 0 radical (unpaired) electrons. The van der Waals surface area contributed by atoms with Crippen LogP contribution in [0.4, 0.5) is 13.2 Å². The van der Waals surface area contributed by atoms with Crippen molar-refractivity contribution in [2.75, 3.05) is 6.61 Å². The molecule has 0 spiro atoms. The minimum atomic E-state index is -2.73. The standard InChI is InChI=1S/C30H30F3NO10/c1-14(35)40-13-23-26(41-15(2)36)27(42-16(3)37)28(43-17(4)38)30(44-23)34-12-20(24-21(31)6-5-7-22(24)34)25(39)18-8-10-19(11-9-18)29(32)33/h5-12,23,25-30,39H,13H2,1-4H3/t23-,25?,26-,27+,28-,30-/m1/s1. The Kier molecular flexibility index (Phi) is 9.95. The number of nitrogens with zero attached hydrogens (tertiary/aromatic N) is 1. The van der Waals surface area contributed by atoms with Gasteiger partial charge in [0, 0.05) is 50.4 Å². The van der Waals surface area contributed by atoms with Crippen LogP contribution in [0, 0.1) is 5.82 Å². The van der Waals surface area contributed by atoms with E-state index in [9.17, 15) is 33.1 Å². The zero-order chi connectivity index (χ0) is 32.3. The second-order valence-corrected chi connectivity index (χ2v) is 10.1. The molecule has 1 aliphatic heterocycles. The number of ether oxygens (including phenoxy) is 5. The van der Waals surface area contributed by atoms with Crippen LogP contribution in [0.5, 0.6) is 0 Å². The van der Waals surface area contributed by atoms with E-state index >= 15 is 4.39 Å². The van der Waals surface area contributed by atoms with E-state index in [-0.39, 0.29) is 27.6 Å². The summed E-state index contributed by atoms with van der Waals surface area (Å²) in [6, 6.07) is 8.86. The van der Waals surface area contributed by atoms with Gasteiger partial charge in [-0.1, -0.05) is 30.3 Å². The average molecular weight is 622 g/mol. The van der Waals surface area contributed by atoms with E-state index in [1.54, 1.807) is 0 Å². The van der Waals surface area contributed by atoms with Gasteiger partial charge in [-0.25, -0.2) is 13.2 Å². The summed E-state index contributed by atoms with van der Waals surface area (Å²) in [7, 11) is 0. The van der Waals surface area contributed by atoms with E-state index in [2.05, 4.69) is 0 Å². The Balaban J connectivity index is 1.89. The summed E-state index contributed by atoms with van der Waals surface area (Å²) in [6.45, 7) is 3.91. The van der Waals surface area contributed by atoms with Gasteiger partial charge in [0.1, 0.15) is 24.6 Å². The minimum Gasteiger partial charge on any atom is -0.463 e. The van der Waals surface area contributed by atoms with Crippen molar-refractivity contribution in [2.24, 2.45) is 0 Å². The lowest BCUT2D eigenvalue weighted by atomic mass is 9.97. The number of aromatic nitrogens is 1. The summed E-state index contributed by atoms with van der Waals surface area (Å²) in [5, 5.41) is 11.2. The summed E-state index contributed by atoms with van der Waals surface area (Å²) in [5.74, 6) is -3.91. The van der Waals surface area contributed by atoms with Gasteiger partial charge in [-0.3, -0.25) is 19.2 Å². The Labute approximate surface area is 249 Å². The van der Waals surface area contributed by atoms with E-state index in [1.807, 2.05) is 0 Å². The predicted molar refractivity (Wildman–Crippen MR) is 145 cm³/mol. The quantitative estimate of drug-likeness (QED) is 0.275. The van der Waals surface area contributed by atoms with Gasteiger partial charge in [0.2, 0.25) is 0 Å². The minimum absolute atomic E-state index is 0.00996. The number of rotatable bonds is 9. The number of carbonyl (C=O) groups is 4. The lowest BCUT2D eigenvalue weighted by Gasteiger charge is -2.44. The Bertz CT molecular complexity index is 1540. The molecule has 1 aliphatic rings. The van der Waals surface area contributed by atoms with E-state index in [0.717, 1.165) is 45.9 Å². The molecule has 1 N–H and O–H groups in total. The molecule has 236 valence electrons. The van der Waals surface area contributed by atoms with E-state index in [0.29, 0.717) is 0 Å². The fourth-order valence-electron chi connectivity index (χ4n) is 5.15. The molecule has 2 aromatic carbocycles. The van der Waals surface area contributed by atoms with Gasteiger partial charge >= 0.3 is 23.9 Å². The highest BCUT2D eigenvalue weighted by molar-refractivity contribution is 5.85. The summed E-state index contributed by atoms with van der Waals surface area (Å²) < 4.78 is 70.7. The maximum atomic E-state index is 15.4. The number of fused-ring (bicyclic) bond motifs is 1. The zero-order valence-corrected chi connectivity index (χ0v) is 24.1. The molecule has 4 rings (SSSR count). The molecule has 1 fully saturated rings. The van der Waals surface area contributed by atoms with Gasteiger partial charge in [-0.15, -0.1) is 0 Å². The van der Waals surface area contributed by atoms with E-state index < -0.39 is 79.5 Å². The van der Waals surface area contributed by atoms with Crippen LogP contribution < -0.4 is 0 Å². The molecule has 0 aliphatic carbocycles. The highest BCUT2D eigenvalue weighted by atomic mass is 19.3. The molecule has 1 saturated heterocycles.